The first-order chi connectivity index (χ1) is 8.74. The summed E-state index contributed by atoms with van der Waals surface area (Å²) in [5.41, 5.74) is 0.288. The van der Waals surface area contributed by atoms with Gasteiger partial charge < -0.3 is 19.5 Å². The number of likely N-dealkylation sites (tertiary alicyclic amines) is 1. The van der Waals surface area contributed by atoms with Crippen LogP contribution in [0, 0.1) is 0 Å². The van der Waals surface area contributed by atoms with E-state index in [-0.39, 0.29) is 36.3 Å². The SMILES string of the molecule is O=C1CO[C@@H]2CCN(C(=O)c3ccon3)C[C@@H]2N1. The molecule has 1 N–H and O–H groups in total. The third kappa shape index (κ3) is 1.97. The number of aromatic nitrogens is 1. The molecule has 3 heterocycles. The summed E-state index contributed by atoms with van der Waals surface area (Å²) in [5.74, 6) is -0.311. The molecule has 0 spiro atoms. The molecule has 2 fully saturated rings. The number of carbonyl (C=O) groups is 2. The number of ether oxygens (including phenoxy) is 1. The minimum Gasteiger partial charge on any atom is -0.366 e. The second kappa shape index (κ2) is 4.41. The normalized spacial score (nSPS) is 27.6. The van der Waals surface area contributed by atoms with E-state index in [1.807, 2.05) is 0 Å². The van der Waals surface area contributed by atoms with Crippen LogP contribution < -0.4 is 5.32 Å². The third-order valence-corrected chi connectivity index (χ3v) is 3.27. The number of fused-ring (bicyclic) bond motifs is 1. The van der Waals surface area contributed by atoms with Gasteiger partial charge in [-0.15, -0.1) is 0 Å². The lowest BCUT2D eigenvalue weighted by molar-refractivity contribution is -0.139. The first-order valence-corrected chi connectivity index (χ1v) is 5.84. The van der Waals surface area contributed by atoms with Crippen molar-refractivity contribution >= 4 is 11.8 Å². The van der Waals surface area contributed by atoms with Crippen LogP contribution in [0.5, 0.6) is 0 Å². The number of nitrogens with one attached hydrogen (secondary N) is 1. The molecule has 1 aromatic rings. The Balaban J connectivity index is 1.69. The molecule has 2 aliphatic rings. The summed E-state index contributed by atoms with van der Waals surface area (Å²) in [7, 11) is 0. The fourth-order valence-electron chi connectivity index (χ4n) is 2.37. The van der Waals surface area contributed by atoms with E-state index in [2.05, 4.69) is 15.0 Å². The van der Waals surface area contributed by atoms with Crippen molar-refractivity contribution in [3.05, 3.63) is 18.0 Å². The minimum atomic E-state index is -0.179. The Labute approximate surface area is 103 Å². The molecule has 96 valence electrons. The van der Waals surface area contributed by atoms with Gasteiger partial charge in [-0.05, 0) is 6.42 Å². The van der Waals surface area contributed by atoms with Crippen molar-refractivity contribution in [3.63, 3.8) is 0 Å². The van der Waals surface area contributed by atoms with Crippen LogP contribution in [0.15, 0.2) is 16.9 Å². The van der Waals surface area contributed by atoms with Gasteiger partial charge in [0.25, 0.3) is 5.91 Å². The number of nitrogens with zero attached hydrogens (tertiary/aromatic N) is 2. The lowest BCUT2D eigenvalue weighted by Crippen LogP contribution is -2.61. The number of amides is 2. The number of piperidine rings is 1. The molecule has 18 heavy (non-hydrogen) atoms. The van der Waals surface area contributed by atoms with Crippen LogP contribution in [-0.4, -0.2) is 53.7 Å². The fourth-order valence-corrected chi connectivity index (χ4v) is 2.37. The molecule has 0 radical (unpaired) electrons. The Hall–Kier alpha value is -1.89. The Morgan fingerprint density at radius 2 is 2.44 bits per heavy atom. The molecule has 0 unspecified atom stereocenters. The molecule has 0 aromatic carbocycles. The number of morpholine rings is 1. The van der Waals surface area contributed by atoms with Crippen LogP contribution in [0.25, 0.3) is 0 Å². The highest BCUT2D eigenvalue weighted by Gasteiger charge is 2.36. The van der Waals surface area contributed by atoms with Crippen molar-refractivity contribution in [1.82, 2.24) is 15.4 Å². The van der Waals surface area contributed by atoms with Crippen molar-refractivity contribution in [2.75, 3.05) is 19.7 Å². The van der Waals surface area contributed by atoms with Crippen molar-refractivity contribution in [3.8, 4) is 0 Å². The average Bonchev–Trinajstić information content (AvgIpc) is 2.90. The highest BCUT2D eigenvalue weighted by atomic mass is 16.5. The monoisotopic (exact) mass is 251 g/mol. The Kier molecular flexibility index (Phi) is 2.75. The lowest BCUT2D eigenvalue weighted by atomic mass is 10.0. The first kappa shape index (κ1) is 11.2. The van der Waals surface area contributed by atoms with Crippen LogP contribution in [0.1, 0.15) is 16.9 Å². The predicted molar refractivity (Wildman–Crippen MR) is 58.7 cm³/mol. The van der Waals surface area contributed by atoms with Crippen molar-refractivity contribution in [1.29, 1.82) is 0 Å². The standard InChI is InChI=1S/C11H13N3O4/c15-10-6-17-9-1-3-14(5-8(9)12-10)11(16)7-2-4-18-13-7/h2,4,8-9H,1,3,5-6H2,(H,12,15)/t8-,9+/m0/s1. The van der Waals surface area contributed by atoms with Crippen LogP contribution in [0.3, 0.4) is 0 Å². The summed E-state index contributed by atoms with van der Waals surface area (Å²) in [6.45, 7) is 1.16. The van der Waals surface area contributed by atoms with Gasteiger partial charge in [-0.2, -0.15) is 0 Å². The highest BCUT2D eigenvalue weighted by Crippen LogP contribution is 2.18. The highest BCUT2D eigenvalue weighted by molar-refractivity contribution is 5.92. The molecule has 0 bridgehead atoms. The summed E-state index contributed by atoms with van der Waals surface area (Å²) in [6, 6.07) is 1.40. The lowest BCUT2D eigenvalue weighted by Gasteiger charge is -2.40. The van der Waals surface area contributed by atoms with E-state index in [1.54, 1.807) is 4.90 Å². The van der Waals surface area contributed by atoms with Crippen LogP contribution in [0.2, 0.25) is 0 Å². The van der Waals surface area contributed by atoms with Gasteiger partial charge in [0.1, 0.15) is 12.9 Å². The van der Waals surface area contributed by atoms with Gasteiger partial charge in [-0.1, -0.05) is 5.16 Å². The molecule has 3 rings (SSSR count). The molecule has 0 aliphatic carbocycles. The fraction of sp³-hybridized carbons (Fsp3) is 0.545. The van der Waals surface area contributed by atoms with Gasteiger partial charge in [0.2, 0.25) is 5.91 Å². The molecule has 1 aromatic heterocycles. The zero-order valence-electron chi connectivity index (χ0n) is 9.67. The predicted octanol–water partition coefficient (Wildman–Crippen LogP) is -0.596. The maximum absolute atomic E-state index is 12.1. The average molecular weight is 251 g/mol. The van der Waals surface area contributed by atoms with Gasteiger partial charge >= 0.3 is 0 Å². The smallest absolute Gasteiger partial charge is 0.276 e. The molecule has 2 saturated heterocycles. The molecular formula is C11H13N3O4. The van der Waals surface area contributed by atoms with E-state index in [1.165, 1.54) is 12.3 Å². The Morgan fingerprint density at radius 3 is 3.22 bits per heavy atom. The van der Waals surface area contributed by atoms with Crippen LogP contribution >= 0.6 is 0 Å². The van der Waals surface area contributed by atoms with E-state index >= 15 is 0 Å². The number of hydrogen-bond donors (Lipinski definition) is 1. The minimum absolute atomic E-state index is 0.00376. The zero-order valence-corrected chi connectivity index (χ0v) is 9.67. The van der Waals surface area contributed by atoms with Gasteiger partial charge in [0.05, 0.1) is 12.1 Å². The summed E-state index contributed by atoms with van der Waals surface area (Å²) < 4.78 is 10.1. The van der Waals surface area contributed by atoms with E-state index in [9.17, 15) is 9.59 Å². The zero-order chi connectivity index (χ0) is 12.5. The summed E-state index contributed by atoms with van der Waals surface area (Å²) in [4.78, 5) is 25.0. The van der Waals surface area contributed by atoms with E-state index in [4.69, 9.17) is 4.74 Å². The summed E-state index contributed by atoms with van der Waals surface area (Å²) in [6.07, 6.45) is 2.09. The second-order valence-corrected chi connectivity index (χ2v) is 4.45. The van der Waals surface area contributed by atoms with Gasteiger partial charge in [0.15, 0.2) is 5.69 Å². The van der Waals surface area contributed by atoms with Crippen molar-refractivity contribution in [2.45, 2.75) is 18.6 Å². The van der Waals surface area contributed by atoms with E-state index in [0.29, 0.717) is 19.5 Å². The number of hydrogen-bond acceptors (Lipinski definition) is 5. The molecular weight excluding hydrogens is 238 g/mol. The third-order valence-electron chi connectivity index (χ3n) is 3.27. The quantitative estimate of drug-likeness (QED) is 0.720. The van der Waals surface area contributed by atoms with Gasteiger partial charge in [-0.25, -0.2) is 0 Å². The number of rotatable bonds is 1. The van der Waals surface area contributed by atoms with Crippen molar-refractivity contribution < 1.29 is 18.8 Å². The molecule has 2 aliphatic heterocycles. The first-order valence-electron chi connectivity index (χ1n) is 5.84. The van der Waals surface area contributed by atoms with Crippen molar-refractivity contribution in [2.24, 2.45) is 0 Å². The topological polar surface area (TPSA) is 84.7 Å². The van der Waals surface area contributed by atoms with Gasteiger partial charge in [-0.3, -0.25) is 9.59 Å². The van der Waals surface area contributed by atoms with E-state index in [0.717, 1.165) is 0 Å². The molecule has 7 heteroatoms. The van der Waals surface area contributed by atoms with Gasteiger partial charge in [0, 0.05) is 19.2 Å². The molecule has 7 nitrogen and oxygen atoms in total. The number of carbonyl (C=O) groups excluding carboxylic acids is 2. The van der Waals surface area contributed by atoms with Crippen LogP contribution in [-0.2, 0) is 9.53 Å². The second-order valence-electron chi connectivity index (χ2n) is 4.45. The van der Waals surface area contributed by atoms with E-state index < -0.39 is 0 Å². The maximum atomic E-state index is 12.1. The molecule has 2 amide bonds. The molecule has 0 saturated carbocycles. The summed E-state index contributed by atoms with van der Waals surface area (Å²) >= 11 is 0. The molecule has 2 atom stereocenters. The Morgan fingerprint density at radius 1 is 1.56 bits per heavy atom. The van der Waals surface area contributed by atoms with Crippen LogP contribution in [0.4, 0.5) is 0 Å². The summed E-state index contributed by atoms with van der Waals surface area (Å²) in [5, 5.41) is 6.47. The largest absolute Gasteiger partial charge is 0.366 e. The maximum Gasteiger partial charge on any atom is 0.276 e. The Bertz CT molecular complexity index is 459.